The first-order chi connectivity index (χ1) is 43.9. The minimum Gasteiger partial charge on any atom is -0.481 e. The number of carboxylic acids is 1. The van der Waals surface area contributed by atoms with Gasteiger partial charge in [-0.1, -0.05) is 71.9 Å². The topological polar surface area (TPSA) is 432 Å². The van der Waals surface area contributed by atoms with Crippen molar-refractivity contribution in [1.29, 1.82) is 0 Å². The number of carbonyl (C=O) groups excluding carboxylic acids is 8. The second-order valence-electron chi connectivity index (χ2n) is 28.7. The Morgan fingerprint density at radius 2 is 1.18 bits per heavy atom. The van der Waals surface area contributed by atoms with Crippen LogP contribution in [-0.4, -0.2) is 153 Å². The number of nitrogens with zero attached hydrogens (tertiary/aromatic N) is 2. The summed E-state index contributed by atoms with van der Waals surface area (Å²) in [5, 5.41) is 62.4. The molecule has 4 amide bonds. The highest BCUT2D eigenvalue weighted by atomic mass is 16.4. The van der Waals surface area contributed by atoms with Crippen molar-refractivity contribution in [1.82, 2.24) is 21.3 Å². The molecule has 24 heteroatoms. The molecule has 4 aliphatic rings. The molecule has 522 valence electrons. The number of aliphatic carboxylic acids is 1. The van der Waals surface area contributed by atoms with Gasteiger partial charge in [-0.15, -0.1) is 0 Å². The first kappa shape index (κ1) is 77.3. The van der Waals surface area contributed by atoms with E-state index in [-0.39, 0.29) is 124 Å². The van der Waals surface area contributed by atoms with Crippen LogP contribution < -0.4 is 44.2 Å². The Morgan fingerprint density at radius 3 is 1.80 bits per heavy atom. The number of aliphatic hydroxyl groups excluding tert-OH is 4. The van der Waals surface area contributed by atoms with Crippen molar-refractivity contribution in [3.05, 3.63) is 35.9 Å². The molecular formula is C69H112N10O14. The Hall–Kier alpha value is -6.37. The van der Waals surface area contributed by atoms with E-state index in [2.05, 4.69) is 52.0 Å². The summed E-state index contributed by atoms with van der Waals surface area (Å²) in [6, 6.07) is 3.47. The molecule has 17 N–H and O–H groups in total. The number of carbonyl (C=O) groups is 9. The fourth-order valence-corrected chi connectivity index (χ4v) is 16.3. The van der Waals surface area contributed by atoms with E-state index in [4.69, 9.17) is 28.0 Å². The molecule has 4 aliphatic carbocycles. The number of ketones is 4. The molecule has 24 nitrogen and oxygen atoms in total. The number of hydrogen-bond donors (Lipinski definition) is 13. The zero-order valence-electron chi connectivity index (χ0n) is 56.2. The minimum atomic E-state index is -1.63. The lowest BCUT2D eigenvalue weighted by Gasteiger charge is -2.61. The number of nitrogens with two attached hydrogens (primary N) is 4. The number of guanidine groups is 2. The van der Waals surface area contributed by atoms with Gasteiger partial charge in [0.2, 0.25) is 23.6 Å². The number of amides is 4. The first-order valence-electron chi connectivity index (χ1n) is 34.2. The van der Waals surface area contributed by atoms with Gasteiger partial charge in [0.1, 0.15) is 12.1 Å². The van der Waals surface area contributed by atoms with Crippen molar-refractivity contribution in [2.45, 2.75) is 226 Å². The molecule has 0 spiro atoms. The molecule has 1 aromatic carbocycles. The van der Waals surface area contributed by atoms with Crippen LogP contribution in [0.15, 0.2) is 40.3 Å². The molecule has 18 atom stereocenters. The lowest BCUT2D eigenvalue weighted by molar-refractivity contribution is -0.137. The van der Waals surface area contributed by atoms with Gasteiger partial charge >= 0.3 is 5.97 Å². The third-order valence-corrected chi connectivity index (χ3v) is 21.7. The monoisotopic (exact) mass is 1300 g/mol. The molecule has 4 saturated carbocycles. The Bertz CT molecular complexity index is 2740. The number of nitrogens with one attached hydrogen (secondary N) is 4. The van der Waals surface area contributed by atoms with Gasteiger partial charge in [0, 0.05) is 63.5 Å². The van der Waals surface area contributed by atoms with Gasteiger partial charge in [0.15, 0.2) is 35.1 Å². The molecule has 93 heavy (non-hydrogen) atoms. The number of hydrogen-bond acceptors (Lipinski definition) is 15. The summed E-state index contributed by atoms with van der Waals surface area (Å²) in [6.07, 6.45) is 8.06. The Kier molecular flexibility index (Phi) is 30.3. The standard InChI is InChI=1S/C69H112N10O14/c1-39(2)49(36-59(87)62(42(5)82)79-60(88)23-18-41(4)50-21-22-51-48-20-19-46-35-47(83)25-27-68(46,6)52(48)26-28-69(50,51)7)65(93)77-54(32-43-13-9-8-10-14-43)57(85)33-44(15-11-29-74-66(70)71)63(91)78-55(38-81)58(86)34-45(37-80)64(92)76-53(16-12-30-75-67(72)73)56(84)31-40(3)17-24-61(89)90/h8-10,13-14,39-42,44-55,62,80-83H,11-12,15-38H2,1-7H3,(H,76,92)(H,77,93)(H,78,91)(H,79,88)(H,89,90)(H4,70,71,74)(H4,72,73,75)/t40-,41-,42-,44-,45+,46?,47-,48?,49+,50-,51?,52?,53+,54+,55+,62+,68+,69-/m1/s1. The van der Waals surface area contributed by atoms with Crippen LogP contribution in [-0.2, 0) is 49.6 Å². The average Bonchev–Trinajstić information content (AvgIpc) is 1.65. The van der Waals surface area contributed by atoms with Gasteiger partial charge in [-0.2, -0.15) is 0 Å². The normalized spacial score (nSPS) is 25.6. The number of aliphatic hydroxyl groups is 4. The van der Waals surface area contributed by atoms with E-state index in [9.17, 15) is 63.6 Å². The van der Waals surface area contributed by atoms with E-state index in [0.717, 1.165) is 32.1 Å². The summed E-state index contributed by atoms with van der Waals surface area (Å²) in [5.41, 5.74) is 23.2. The second kappa shape index (κ2) is 36.5. The second-order valence-corrected chi connectivity index (χ2v) is 28.7. The number of benzene rings is 1. The number of aliphatic imine (C=N–C) groups is 2. The molecule has 0 saturated heterocycles. The zero-order chi connectivity index (χ0) is 68.9. The Labute approximate surface area is 549 Å². The number of Topliss-reactive ketones (excluding diaryl/α,β-unsaturated/α-hetero) is 4. The number of fused-ring (bicyclic) bond motifs is 5. The summed E-state index contributed by atoms with van der Waals surface area (Å²) < 4.78 is 0. The predicted octanol–water partition coefficient (Wildman–Crippen LogP) is 3.92. The first-order valence-corrected chi connectivity index (χ1v) is 34.2. The van der Waals surface area contributed by atoms with E-state index >= 15 is 0 Å². The van der Waals surface area contributed by atoms with Crippen LogP contribution in [0.2, 0.25) is 0 Å². The molecule has 0 aromatic heterocycles. The van der Waals surface area contributed by atoms with Gasteiger partial charge < -0.3 is 69.7 Å². The lowest BCUT2D eigenvalue weighted by Crippen LogP contribution is -2.54. The molecule has 1 aromatic rings. The quantitative estimate of drug-likeness (QED) is 0.0251. The summed E-state index contributed by atoms with van der Waals surface area (Å²) in [7, 11) is 0. The highest BCUT2D eigenvalue weighted by molar-refractivity contribution is 5.98. The fourth-order valence-electron chi connectivity index (χ4n) is 16.3. The van der Waals surface area contributed by atoms with Crippen molar-refractivity contribution in [3.63, 3.8) is 0 Å². The highest BCUT2D eigenvalue weighted by Crippen LogP contribution is 2.68. The van der Waals surface area contributed by atoms with Crippen molar-refractivity contribution in [2.75, 3.05) is 26.3 Å². The SMILES string of the molecule is CC(C)[C@H](CC(=O)[C@@H](NC(=O)CC[C@@H](C)[C@H]1CCC2C3CCC4C[C@H](O)CC[C@]4(C)C3CC[C@@]21C)[C@@H](C)O)C(=O)N[C@@H](Cc1ccccc1)C(=O)C[C@@H](CCCN=C(N)N)C(=O)N[C@@H](CO)C(=O)C[C@@H](CO)C(=O)N[C@@H](CCCN=C(N)N)C(=O)C[C@H](C)CCC(=O)O. The molecule has 0 bridgehead atoms. The van der Waals surface area contributed by atoms with Crippen LogP contribution in [0, 0.1) is 75.9 Å². The van der Waals surface area contributed by atoms with Crippen LogP contribution in [0.3, 0.4) is 0 Å². The maximum absolute atomic E-state index is 14.7. The average molecular weight is 1310 g/mol. The summed E-state index contributed by atoms with van der Waals surface area (Å²) in [6.45, 7) is 12.2. The Balaban J connectivity index is 1.24. The third kappa shape index (κ3) is 22.4. The van der Waals surface area contributed by atoms with Crippen LogP contribution in [0.5, 0.6) is 0 Å². The van der Waals surface area contributed by atoms with E-state index in [1.165, 1.54) is 32.6 Å². The van der Waals surface area contributed by atoms with E-state index in [1.54, 1.807) is 51.1 Å². The van der Waals surface area contributed by atoms with E-state index in [0.29, 0.717) is 41.6 Å². The van der Waals surface area contributed by atoms with E-state index in [1.807, 2.05) is 0 Å². The maximum Gasteiger partial charge on any atom is 0.303 e. The molecule has 0 radical (unpaired) electrons. The minimum absolute atomic E-state index is 0.0228. The smallest absolute Gasteiger partial charge is 0.303 e. The van der Waals surface area contributed by atoms with Gasteiger partial charge in [-0.05, 0) is 173 Å². The molecule has 0 heterocycles. The van der Waals surface area contributed by atoms with Crippen LogP contribution >= 0.6 is 0 Å². The summed E-state index contributed by atoms with van der Waals surface area (Å²) >= 11 is 0. The van der Waals surface area contributed by atoms with Gasteiger partial charge in [-0.25, -0.2) is 0 Å². The van der Waals surface area contributed by atoms with Gasteiger partial charge in [0.25, 0.3) is 0 Å². The van der Waals surface area contributed by atoms with Crippen LogP contribution in [0.25, 0.3) is 0 Å². The number of carboxylic acid groups (broad SMARTS) is 1. The molecule has 0 aliphatic heterocycles. The molecule has 4 unspecified atom stereocenters. The van der Waals surface area contributed by atoms with Crippen LogP contribution in [0.4, 0.5) is 0 Å². The largest absolute Gasteiger partial charge is 0.481 e. The van der Waals surface area contributed by atoms with Crippen molar-refractivity contribution in [2.24, 2.45) is 109 Å². The Morgan fingerprint density at radius 1 is 0.602 bits per heavy atom. The molecular weight excluding hydrogens is 1190 g/mol. The van der Waals surface area contributed by atoms with E-state index < -0.39 is 127 Å². The predicted molar refractivity (Wildman–Crippen MR) is 353 cm³/mol. The van der Waals surface area contributed by atoms with Crippen molar-refractivity contribution < 1.29 is 68.7 Å². The van der Waals surface area contributed by atoms with Gasteiger partial charge in [0.05, 0.1) is 43.4 Å². The third-order valence-electron chi connectivity index (χ3n) is 21.7. The summed E-state index contributed by atoms with van der Waals surface area (Å²) in [5.74, 6) is -7.86. The molecule has 4 fully saturated rings. The highest BCUT2D eigenvalue weighted by Gasteiger charge is 2.60. The van der Waals surface area contributed by atoms with Crippen molar-refractivity contribution in [3.8, 4) is 0 Å². The maximum atomic E-state index is 14.7. The summed E-state index contributed by atoms with van der Waals surface area (Å²) in [4.78, 5) is 132. The number of rotatable bonds is 40. The van der Waals surface area contributed by atoms with Crippen molar-refractivity contribution >= 4 is 64.7 Å². The lowest BCUT2D eigenvalue weighted by atomic mass is 9.44. The molecule has 5 rings (SSSR count). The van der Waals surface area contributed by atoms with Crippen LogP contribution in [0.1, 0.15) is 189 Å². The fraction of sp³-hybridized carbons (Fsp3) is 0.754. The van der Waals surface area contributed by atoms with Gasteiger partial charge in [-0.3, -0.25) is 53.1 Å². The zero-order valence-corrected chi connectivity index (χ0v) is 56.2.